The van der Waals surface area contributed by atoms with E-state index in [1.165, 1.54) is 0 Å². The van der Waals surface area contributed by atoms with Gasteiger partial charge in [0.15, 0.2) is 5.82 Å². The van der Waals surface area contributed by atoms with Crippen LogP contribution in [0.4, 0.5) is 0 Å². The lowest BCUT2D eigenvalue weighted by Crippen LogP contribution is -2.01. The van der Waals surface area contributed by atoms with Gasteiger partial charge in [0, 0.05) is 18.6 Å². The van der Waals surface area contributed by atoms with Crippen molar-refractivity contribution in [2.45, 2.75) is 13.8 Å². The number of hydrogen-bond acceptors (Lipinski definition) is 3. The average Bonchev–Trinajstić information content (AvgIpc) is 2.82. The fraction of sp³-hybridized carbons (Fsp3) is 0.182. The van der Waals surface area contributed by atoms with Gasteiger partial charge in [-0.05, 0) is 26.0 Å². The lowest BCUT2D eigenvalue weighted by atomic mass is 10.4. The highest BCUT2D eigenvalue weighted by molar-refractivity contribution is 5.60. The first-order valence-electron chi connectivity index (χ1n) is 5.08. The van der Waals surface area contributed by atoms with E-state index >= 15 is 0 Å². The van der Waals surface area contributed by atoms with E-state index in [0.29, 0.717) is 0 Å². The van der Waals surface area contributed by atoms with Crippen LogP contribution in [0.5, 0.6) is 0 Å². The Kier molecular flexibility index (Phi) is 1.80. The van der Waals surface area contributed by atoms with Crippen LogP contribution in [0.3, 0.4) is 0 Å². The van der Waals surface area contributed by atoms with Crippen molar-refractivity contribution >= 4 is 5.52 Å². The van der Waals surface area contributed by atoms with E-state index in [9.17, 15) is 0 Å². The van der Waals surface area contributed by atoms with Crippen LogP contribution < -0.4 is 0 Å². The van der Waals surface area contributed by atoms with Gasteiger partial charge >= 0.3 is 0 Å². The molecule has 0 N–H and O–H groups in total. The summed E-state index contributed by atoms with van der Waals surface area (Å²) in [6.07, 6.45) is 5.47. The quantitative estimate of drug-likeness (QED) is 0.616. The van der Waals surface area contributed by atoms with Crippen LogP contribution in [0.25, 0.3) is 11.3 Å². The Hall–Kier alpha value is -2.17. The summed E-state index contributed by atoms with van der Waals surface area (Å²) in [7, 11) is 0. The molecular weight excluding hydrogens is 202 g/mol. The topological polar surface area (TPSA) is 48.0 Å². The molecule has 80 valence electrons. The fourth-order valence-electron chi connectivity index (χ4n) is 1.74. The second-order valence-electron chi connectivity index (χ2n) is 3.77. The molecule has 0 bridgehead atoms. The van der Waals surface area contributed by atoms with Crippen molar-refractivity contribution in [2.75, 3.05) is 0 Å². The van der Waals surface area contributed by atoms with E-state index in [1.54, 1.807) is 10.9 Å². The van der Waals surface area contributed by atoms with Gasteiger partial charge in [-0.3, -0.25) is 0 Å². The van der Waals surface area contributed by atoms with E-state index in [2.05, 4.69) is 15.2 Å². The van der Waals surface area contributed by atoms with Crippen molar-refractivity contribution in [1.82, 2.24) is 24.4 Å². The van der Waals surface area contributed by atoms with E-state index in [4.69, 9.17) is 0 Å². The molecule has 5 heteroatoms. The molecule has 0 amide bonds. The summed E-state index contributed by atoms with van der Waals surface area (Å²) in [5, 5.41) is 8.70. The van der Waals surface area contributed by atoms with Crippen LogP contribution in [-0.2, 0) is 0 Å². The Bertz CT molecular complexity index is 649. The number of nitrogens with zero attached hydrogens (tertiary/aromatic N) is 5. The SMILES string of the molecule is Cc1ccn(-c2nccn3nc(C)cc23)n1. The van der Waals surface area contributed by atoms with Gasteiger partial charge < -0.3 is 0 Å². The summed E-state index contributed by atoms with van der Waals surface area (Å²) in [6.45, 7) is 3.92. The zero-order valence-corrected chi connectivity index (χ0v) is 9.12. The standard InChI is InChI=1S/C11H11N5/c1-8-3-5-16(13-8)11-10-7-9(2)14-15(10)6-4-12-11/h3-7H,1-2H3. The molecule has 0 atom stereocenters. The minimum absolute atomic E-state index is 0.802. The predicted octanol–water partition coefficient (Wildman–Crippen LogP) is 1.53. The molecule has 0 aromatic carbocycles. The summed E-state index contributed by atoms with van der Waals surface area (Å²) >= 11 is 0. The largest absolute Gasteiger partial charge is 0.235 e. The molecular formula is C11H11N5. The molecule has 0 aliphatic carbocycles. The Morgan fingerprint density at radius 1 is 1.06 bits per heavy atom. The number of aromatic nitrogens is 5. The molecule has 5 nitrogen and oxygen atoms in total. The van der Waals surface area contributed by atoms with Crippen molar-refractivity contribution in [3.05, 3.63) is 42.1 Å². The van der Waals surface area contributed by atoms with Gasteiger partial charge in [-0.1, -0.05) is 0 Å². The average molecular weight is 213 g/mol. The van der Waals surface area contributed by atoms with Crippen molar-refractivity contribution < 1.29 is 0 Å². The van der Waals surface area contributed by atoms with E-state index in [-0.39, 0.29) is 0 Å². The third-order valence-electron chi connectivity index (χ3n) is 2.43. The molecule has 0 aliphatic heterocycles. The first-order chi connectivity index (χ1) is 7.74. The Morgan fingerprint density at radius 2 is 1.94 bits per heavy atom. The Balaban J connectivity index is 2.30. The van der Waals surface area contributed by atoms with Gasteiger partial charge in [0.25, 0.3) is 0 Å². The summed E-state index contributed by atoms with van der Waals surface area (Å²) in [5.41, 5.74) is 2.90. The number of rotatable bonds is 1. The molecule has 3 aromatic rings. The monoisotopic (exact) mass is 213 g/mol. The van der Waals surface area contributed by atoms with Crippen molar-refractivity contribution in [2.24, 2.45) is 0 Å². The van der Waals surface area contributed by atoms with Gasteiger partial charge in [0.05, 0.1) is 11.4 Å². The highest BCUT2D eigenvalue weighted by Crippen LogP contribution is 2.13. The molecule has 3 heterocycles. The number of aryl methyl sites for hydroxylation is 2. The molecule has 0 spiro atoms. The van der Waals surface area contributed by atoms with Gasteiger partial charge in [-0.15, -0.1) is 0 Å². The molecule has 0 radical (unpaired) electrons. The maximum atomic E-state index is 4.35. The van der Waals surface area contributed by atoms with Gasteiger partial charge in [0.2, 0.25) is 0 Å². The van der Waals surface area contributed by atoms with Crippen LogP contribution in [0.2, 0.25) is 0 Å². The maximum Gasteiger partial charge on any atom is 0.179 e. The molecule has 0 fully saturated rings. The molecule has 3 rings (SSSR count). The summed E-state index contributed by atoms with van der Waals surface area (Å²) in [4.78, 5) is 4.34. The van der Waals surface area contributed by atoms with Crippen LogP contribution >= 0.6 is 0 Å². The minimum atomic E-state index is 0.802. The molecule has 3 aromatic heterocycles. The molecule has 0 saturated heterocycles. The zero-order chi connectivity index (χ0) is 11.1. The second-order valence-corrected chi connectivity index (χ2v) is 3.77. The van der Waals surface area contributed by atoms with E-state index in [0.717, 1.165) is 22.7 Å². The highest BCUT2D eigenvalue weighted by atomic mass is 15.3. The normalized spacial score (nSPS) is 11.1. The van der Waals surface area contributed by atoms with Gasteiger partial charge in [-0.25, -0.2) is 14.2 Å². The second kappa shape index (κ2) is 3.16. The Morgan fingerprint density at radius 3 is 2.69 bits per heavy atom. The van der Waals surface area contributed by atoms with Crippen LogP contribution in [0, 0.1) is 13.8 Å². The van der Waals surface area contributed by atoms with Crippen molar-refractivity contribution in [1.29, 1.82) is 0 Å². The lowest BCUT2D eigenvalue weighted by molar-refractivity contribution is 0.819. The van der Waals surface area contributed by atoms with E-state index < -0.39 is 0 Å². The summed E-state index contributed by atoms with van der Waals surface area (Å²) < 4.78 is 3.58. The number of hydrogen-bond donors (Lipinski definition) is 0. The predicted molar refractivity (Wildman–Crippen MR) is 59.6 cm³/mol. The fourth-order valence-corrected chi connectivity index (χ4v) is 1.74. The third kappa shape index (κ3) is 1.29. The minimum Gasteiger partial charge on any atom is -0.235 e. The number of fused-ring (bicyclic) bond motifs is 1. The van der Waals surface area contributed by atoms with E-state index in [1.807, 2.05) is 42.9 Å². The lowest BCUT2D eigenvalue weighted by Gasteiger charge is -2.01. The molecule has 0 aliphatic rings. The zero-order valence-electron chi connectivity index (χ0n) is 9.12. The van der Waals surface area contributed by atoms with Crippen molar-refractivity contribution in [3.8, 4) is 5.82 Å². The molecule has 16 heavy (non-hydrogen) atoms. The summed E-state index contributed by atoms with van der Waals surface area (Å²) in [6, 6.07) is 3.95. The van der Waals surface area contributed by atoms with Crippen LogP contribution in [-0.4, -0.2) is 24.4 Å². The molecule has 0 unspecified atom stereocenters. The van der Waals surface area contributed by atoms with Crippen LogP contribution in [0.15, 0.2) is 30.7 Å². The smallest absolute Gasteiger partial charge is 0.179 e. The summed E-state index contributed by atoms with van der Waals surface area (Å²) in [5.74, 6) is 0.802. The highest BCUT2D eigenvalue weighted by Gasteiger charge is 2.07. The van der Waals surface area contributed by atoms with Gasteiger partial charge in [-0.2, -0.15) is 10.2 Å². The third-order valence-corrected chi connectivity index (χ3v) is 2.43. The maximum absolute atomic E-state index is 4.35. The van der Waals surface area contributed by atoms with Crippen LogP contribution in [0.1, 0.15) is 11.4 Å². The molecule has 0 saturated carbocycles. The Labute approximate surface area is 92.4 Å². The van der Waals surface area contributed by atoms with Crippen molar-refractivity contribution in [3.63, 3.8) is 0 Å². The first kappa shape index (κ1) is 9.08. The first-order valence-corrected chi connectivity index (χ1v) is 5.08. The van der Waals surface area contributed by atoms with Gasteiger partial charge in [0.1, 0.15) is 5.52 Å².